The number of aliphatic hydroxyl groups is 1. The van der Waals surface area contributed by atoms with Crippen molar-refractivity contribution in [2.75, 3.05) is 13.2 Å². The molecule has 2 rings (SSSR count). The molecule has 120 valence electrons. The van der Waals surface area contributed by atoms with Gasteiger partial charge in [0.1, 0.15) is 11.5 Å². The predicted molar refractivity (Wildman–Crippen MR) is 77.7 cm³/mol. The van der Waals surface area contributed by atoms with E-state index < -0.39 is 17.5 Å². The summed E-state index contributed by atoms with van der Waals surface area (Å²) in [5, 5.41) is 9.80. The Labute approximate surface area is 129 Å². The summed E-state index contributed by atoms with van der Waals surface area (Å²) in [6.07, 6.45) is 4.92. The average Bonchev–Trinajstić information content (AvgIpc) is 2.72. The fraction of sp³-hybridized carbons (Fsp3) is 0.500. The van der Waals surface area contributed by atoms with Crippen molar-refractivity contribution in [2.45, 2.75) is 32.8 Å². The summed E-state index contributed by atoms with van der Waals surface area (Å²) in [5.74, 6) is -1.29. The molecule has 1 atom stereocenters. The van der Waals surface area contributed by atoms with E-state index in [4.69, 9.17) is 14.2 Å². The third-order valence-corrected chi connectivity index (χ3v) is 3.43. The van der Waals surface area contributed by atoms with Crippen molar-refractivity contribution in [3.8, 4) is 0 Å². The molecule has 1 saturated heterocycles. The van der Waals surface area contributed by atoms with Gasteiger partial charge in [0.15, 0.2) is 0 Å². The van der Waals surface area contributed by atoms with Crippen LogP contribution in [0.1, 0.15) is 27.2 Å². The summed E-state index contributed by atoms with van der Waals surface area (Å²) >= 11 is 0. The Morgan fingerprint density at radius 3 is 2.41 bits per heavy atom. The fourth-order valence-corrected chi connectivity index (χ4v) is 2.53. The molecular formula is C16H20O6. The minimum atomic E-state index is -1.83. The number of rotatable bonds is 4. The standard InChI is InChI=1S/C16H20O6/c1-4-20-14(18)16(15(19)21-5-2)9-11-6-10(3)7-12(17)8-13(11)22-16/h6-8,10,17H,4-5,9H2,1-3H3. The molecule has 0 bridgehead atoms. The highest BCUT2D eigenvalue weighted by Gasteiger charge is 2.57. The van der Waals surface area contributed by atoms with Gasteiger partial charge in [-0.1, -0.05) is 13.0 Å². The van der Waals surface area contributed by atoms with Crippen molar-refractivity contribution in [3.63, 3.8) is 0 Å². The predicted octanol–water partition coefficient (Wildman–Crippen LogP) is 2.17. The van der Waals surface area contributed by atoms with Gasteiger partial charge in [-0.05, 0) is 31.4 Å². The van der Waals surface area contributed by atoms with Gasteiger partial charge in [0, 0.05) is 12.5 Å². The van der Waals surface area contributed by atoms with Crippen LogP contribution < -0.4 is 0 Å². The van der Waals surface area contributed by atoms with E-state index in [1.165, 1.54) is 6.08 Å². The highest BCUT2D eigenvalue weighted by atomic mass is 16.6. The lowest BCUT2D eigenvalue weighted by Crippen LogP contribution is -2.48. The van der Waals surface area contributed by atoms with Crippen molar-refractivity contribution in [3.05, 3.63) is 35.3 Å². The average molecular weight is 308 g/mol. The van der Waals surface area contributed by atoms with E-state index >= 15 is 0 Å². The number of aliphatic hydroxyl groups excluding tert-OH is 1. The van der Waals surface area contributed by atoms with E-state index in [1.807, 2.05) is 13.0 Å². The molecule has 1 heterocycles. The molecule has 2 aliphatic rings. The van der Waals surface area contributed by atoms with Crippen LogP contribution in [0.2, 0.25) is 0 Å². The Hall–Kier alpha value is -2.24. The van der Waals surface area contributed by atoms with Gasteiger partial charge in [0.25, 0.3) is 0 Å². The van der Waals surface area contributed by atoms with Crippen LogP contribution in [-0.2, 0) is 23.8 Å². The van der Waals surface area contributed by atoms with Gasteiger partial charge < -0.3 is 19.3 Å². The molecule has 0 spiro atoms. The van der Waals surface area contributed by atoms with Crippen LogP contribution in [0.15, 0.2) is 35.3 Å². The highest BCUT2D eigenvalue weighted by molar-refractivity contribution is 6.05. The first-order valence-corrected chi connectivity index (χ1v) is 7.30. The maximum atomic E-state index is 12.3. The number of allylic oxidation sites excluding steroid dienone is 4. The van der Waals surface area contributed by atoms with Gasteiger partial charge in [-0.25, -0.2) is 9.59 Å². The molecule has 0 saturated carbocycles. The Morgan fingerprint density at radius 1 is 1.27 bits per heavy atom. The topological polar surface area (TPSA) is 82.1 Å². The van der Waals surface area contributed by atoms with Gasteiger partial charge in [-0.15, -0.1) is 0 Å². The van der Waals surface area contributed by atoms with E-state index in [0.29, 0.717) is 11.3 Å². The fourth-order valence-electron chi connectivity index (χ4n) is 2.53. The van der Waals surface area contributed by atoms with Crippen LogP contribution in [-0.4, -0.2) is 35.9 Å². The van der Waals surface area contributed by atoms with E-state index in [0.717, 1.165) is 0 Å². The zero-order valence-electron chi connectivity index (χ0n) is 12.9. The Balaban J connectivity index is 2.42. The second kappa shape index (κ2) is 6.25. The van der Waals surface area contributed by atoms with Crippen LogP contribution in [0.25, 0.3) is 0 Å². The zero-order chi connectivity index (χ0) is 16.3. The third kappa shape index (κ3) is 2.86. The minimum absolute atomic E-state index is 0.0252. The van der Waals surface area contributed by atoms with E-state index in [1.54, 1.807) is 19.9 Å². The van der Waals surface area contributed by atoms with Crippen LogP contribution in [0.3, 0.4) is 0 Å². The lowest BCUT2D eigenvalue weighted by atomic mass is 9.95. The summed E-state index contributed by atoms with van der Waals surface area (Å²) < 4.78 is 15.6. The molecule has 1 fully saturated rings. The number of ether oxygens (including phenoxy) is 3. The van der Waals surface area contributed by atoms with E-state index in [9.17, 15) is 14.7 Å². The summed E-state index contributed by atoms with van der Waals surface area (Å²) in [4.78, 5) is 24.6. The molecular weight excluding hydrogens is 288 g/mol. The second-order valence-corrected chi connectivity index (χ2v) is 5.20. The first kappa shape index (κ1) is 16.1. The summed E-state index contributed by atoms with van der Waals surface area (Å²) in [6, 6.07) is 0. The first-order chi connectivity index (χ1) is 10.4. The molecule has 1 aliphatic carbocycles. The van der Waals surface area contributed by atoms with Gasteiger partial charge in [-0.3, -0.25) is 0 Å². The Bertz CT molecular complexity index is 551. The summed E-state index contributed by atoms with van der Waals surface area (Å²) in [6.45, 7) is 5.44. The van der Waals surface area contributed by atoms with Crippen molar-refractivity contribution in [1.82, 2.24) is 0 Å². The lowest BCUT2D eigenvalue weighted by Gasteiger charge is -2.23. The smallest absolute Gasteiger partial charge is 0.362 e. The van der Waals surface area contributed by atoms with Gasteiger partial charge in [0.05, 0.1) is 13.2 Å². The first-order valence-electron chi connectivity index (χ1n) is 7.30. The van der Waals surface area contributed by atoms with Crippen LogP contribution >= 0.6 is 0 Å². The van der Waals surface area contributed by atoms with Crippen molar-refractivity contribution >= 4 is 11.9 Å². The molecule has 1 unspecified atom stereocenters. The SMILES string of the molecule is CCOC(=O)C1(C(=O)OCC)CC2=CC(C)C=C(O)C=C2O1. The largest absolute Gasteiger partial charge is 0.508 e. The normalized spacial score (nSPS) is 22.3. The number of esters is 2. The monoisotopic (exact) mass is 308 g/mol. The quantitative estimate of drug-likeness (QED) is 0.633. The Morgan fingerprint density at radius 2 is 1.86 bits per heavy atom. The van der Waals surface area contributed by atoms with Gasteiger partial charge in [-0.2, -0.15) is 0 Å². The third-order valence-electron chi connectivity index (χ3n) is 3.43. The van der Waals surface area contributed by atoms with Crippen LogP contribution in [0.5, 0.6) is 0 Å². The maximum Gasteiger partial charge on any atom is 0.362 e. The van der Waals surface area contributed by atoms with Crippen molar-refractivity contribution < 1.29 is 28.9 Å². The van der Waals surface area contributed by atoms with Crippen LogP contribution in [0, 0.1) is 5.92 Å². The van der Waals surface area contributed by atoms with Crippen molar-refractivity contribution in [2.24, 2.45) is 5.92 Å². The molecule has 22 heavy (non-hydrogen) atoms. The molecule has 1 aliphatic heterocycles. The van der Waals surface area contributed by atoms with Crippen molar-refractivity contribution in [1.29, 1.82) is 0 Å². The summed E-state index contributed by atoms with van der Waals surface area (Å²) in [7, 11) is 0. The number of hydrogen-bond acceptors (Lipinski definition) is 6. The van der Waals surface area contributed by atoms with Gasteiger partial charge >= 0.3 is 17.5 Å². The van der Waals surface area contributed by atoms with E-state index in [-0.39, 0.29) is 31.3 Å². The minimum Gasteiger partial charge on any atom is -0.508 e. The molecule has 6 nitrogen and oxygen atoms in total. The number of hydrogen-bond donors (Lipinski definition) is 1. The molecule has 0 aromatic rings. The zero-order valence-corrected chi connectivity index (χ0v) is 12.9. The second-order valence-electron chi connectivity index (χ2n) is 5.20. The number of carbonyl (C=O) groups excluding carboxylic acids is 2. The lowest BCUT2D eigenvalue weighted by molar-refractivity contribution is -0.181. The number of fused-ring (bicyclic) bond motifs is 1. The molecule has 1 N–H and O–H groups in total. The van der Waals surface area contributed by atoms with Gasteiger partial charge in [0.2, 0.25) is 0 Å². The van der Waals surface area contributed by atoms with Crippen LogP contribution in [0.4, 0.5) is 0 Å². The van der Waals surface area contributed by atoms with E-state index in [2.05, 4.69) is 0 Å². The molecule has 0 aromatic heterocycles. The molecule has 0 aromatic carbocycles. The molecule has 0 radical (unpaired) electrons. The number of carbonyl (C=O) groups is 2. The summed E-state index contributed by atoms with van der Waals surface area (Å²) in [5.41, 5.74) is -1.16. The molecule has 6 heteroatoms. The Kier molecular flexibility index (Phi) is 4.59. The maximum absolute atomic E-state index is 12.3. The highest BCUT2D eigenvalue weighted by Crippen LogP contribution is 2.41. The molecule has 0 amide bonds.